The molecule has 0 saturated carbocycles. The molecular formula is C21H20Cl2N2O3S. The fourth-order valence-electron chi connectivity index (χ4n) is 2.73. The van der Waals surface area contributed by atoms with Crippen LogP contribution in [-0.2, 0) is 11.2 Å². The topological polar surface area (TPSA) is 60.5 Å². The molecule has 3 rings (SSSR count). The van der Waals surface area contributed by atoms with Crippen LogP contribution < -0.4 is 14.8 Å². The van der Waals surface area contributed by atoms with Gasteiger partial charge in [0.15, 0.2) is 16.6 Å². The fraction of sp³-hybridized carbons (Fsp3) is 0.238. The van der Waals surface area contributed by atoms with Gasteiger partial charge >= 0.3 is 0 Å². The van der Waals surface area contributed by atoms with E-state index in [1.54, 1.807) is 19.2 Å². The average molecular weight is 451 g/mol. The lowest BCUT2D eigenvalue weighted by molar-refractivity contribution is -0.116. The normalized spacial score (nSPS) is 10.6. The Balaban J connectivity index is 1.60. The number of amides is 1. The molecule has 1 aromatic heterocycles. The van der Waals surface area contributed by atoms with Crippen LogP contribution in [0.25, 0.3) is 11.3 Å². The molecule has 1 N–H and O–H groups in total. The van der Waals surface area contributed by atoms with Crippen molar-refractivity contribution in [1.82, 2.24) is 4.98 Å². The third kappa shape index (κ3) is 5.63. The van der Waals surface area contributed by atoms with Gasteiger partial charge in [-0.2, -0.15) is 0 Å². The first-order valence-electron chi connectivity index (χ1n) is 9.00. The van der Waals surface area contributed by atoms with Gasteiger partial charge in [-0.05, 0) is 49.2 Å². The molecule has 5 nitrogen and oxygen atoms in total. The van der Waals surface area contributed by atoms with Crippen molar-refractivity contribution in [2.45, 2.75) is 19.8 Å². The predicted octanol–water partition coefficient (Wildman–Crippen LogP) is 6.10. The molecule has 29 heavy (non-hydrogen) atoms. The van der Waals surface area contributed by atoms with Gasteiger partial charge in [0, 0.05) is 22.4 Å². The SMILES string of the molecule is CCOc1ccc(CCC(=O)Nc2nc(-c3ccc(Cl)cc3Cl)cs2)cc1OC. The molecular weight excluding hydrogens is 431 g/mol. The third-order valence-corrected chi connectivity index (χ3v) is 5.43. The van der Waals surface area contributed by atoms with Crippen LogP contribution >= 0.6 is 34.5 Å². The van der Waals surface area contributed by atoms with E-state index in [1.807, 2.05) is 36.6 Å². The summed E-state index contributed by atoms with van der Waals surface area (Å²) in [6.07, 6.45) is 0.906. The number of ether oxygens (including phenoxy) is 2. The number of hydrogen-bond donors (Lipinski definition) is 1. The number of methoxy groups -OCH3 is 1. The Morgan fingerprint density at radius 2 is 2.00 bits per heavy atom. The Hall–Kier alpha value is -2.28. The number of halogens is 2. The smallest absolute Gasteiger partial charge is 0.226 e. The number of carbonyl (C=O) groups is 1. The molecule has 2 aromatic carbocycles. The highest BCUT2D eigenvalue weighted by atomic mass is 35.5. The van der Waals surface area contributed by atoms with Crippen LogP contribution in [0.1, 0.15) is 18.9 Å². The number of thiazole rings is 1. The summed E-state index contributed by atoms with van der Waals surface area (Å²) in [5.41, 5.74) is 2.46. The first-order valence-corrected chi connectivity index (χ1v) is 10.6. The average Bonchev–Trinajstić information content (AvgIpc) is 3.15. The van der Waals surface area contributed by atoms with Crippen LogP contribution in [0.2, 0.25) is 10.0 Å². The first-order chi connectivity index (χ1) is 14.0. The molecule has 0 saturated heterocycles. The summed E-state index contributed by atoms with van der Waals surface area (Å²) in [6.45, 7) is 2.48. The highest BCUT2D eigenvalue weighted by molar-refractivity contribution is 7.14. The molecule has 0 radical (unpaired) electrons. The zero-order chi connectivity index (χ0) is 20.8. The van der Waals surface area contributed by atoms with E-state index in [2.05, 4.69) is 10.3 Å². The van der Waals surface area contributed by atoms with Gasteiger partial charge in [-0.3, -0.25) is 4.79 Å². The molecule has 0 unspecified atom stereocenters. The molecule has 0 atom stereocenters. The van der Waals surface area contributed by atoms with Gasteiger partial charge in [-0.1, -0.05) is 29.3 Å². The maximum absolute atomic E-state index is 12.3. The molecule has 152 valence electrons. The highest BCUT2D eigenvalue weighted by Crippen LogP contribution is 2.32. The van der Waals surface area contributed by atoms with Crippen LogP contribution in [-0.4, -0.2) is 24.6 Å². The number of anilines is 1. The van der Waals surface area contributed by atoms with Gasteiger partial charge in [0.2, 0.25) is 5.91 Å². The van der Waals surface area contributed by atoms with E-state index >= 15 is 0 Å². The molecule has 0 fully saturated rings. The standard InChI is InChI=1S/C21H20Cl2N2O3S/c1-3-28-18-8-4-13(10-19(18)27-2)5-9-20(26)25-21-24-17(12-29-21)15-7-6-14(22)11-16(15)23/h4,6-8,10-12H,3,5,9H2,1-2H3,(H,24,25,26). The summed E-state index contributed by atoms with van der Waals surface area (Å²) in [4.78, 5) is 16.8. The Morgan fingerprint density at radius 1 is 1.17 bits per heavy atom. The minimum absolute atomic E-state index is 0.110. The van der Waals surface area contributed by atoms with Crippen molar-refractivity contribution < 1.29 is 14.3 Å². The lowest BCUT2D eigenvalue weighted by atomic mass is 10.1. The van der Waals surface area contributed by atoms with Crippen LogP contribution in [0.4, 0.5) is 5.13 Å². The Morgan fingerprint density at radius 3 is 2.72 bits per heavy atom. The number of hydrogen-bond acceptors (Lipinski definition) is 5. The summed E-state index contributed by atoms with van der Waals surface area (Å²) in [5.74, 6) is 1.24. The number of nitrogens with zero attached hydrogens (tertiary/aromatic N) is 1. The van der Waals surface area contributed by atoms with E-state index in [4.69, 9.17) is 32.7 Å². The Kier molecular flexibility index (Phi) is 7.36. The summed E-state index contributed by atoms with van der Waals surface area (Å²) >= 11 is 13.5. The highest BCUT2D eigenvalue weighted by Gasteiger charge is 2.12. The lowest BCUT2D eigenvalue weighted by Gasteiger charge is -2.11. The zero-order valence-corrected chi connectivity index (χ0v) is 18.3. The Labute approximate surface area is 183 Å². The van der Waals surface area contributed by atoms with Gasteiger partial charge in [-0.25, -0.2) is 4.98 Å². The summed E-state index contributed by atoms with van der Waals surface area (Å²) in [7, 11) is 1.60. The molecule has 0 bridgehead atoms. The van der Waals surface area contributed by atoms with E-state index < -0.39 is 0 Å². The van der Waals surface area contributed by atoms with Gasteiger partial charge in [0.25, 0.3) is 0 Å². The second-order valence-corrected chi connectivity index (χ2v) is 7.83. The van der Waals surface area contributed by atoms with Gasteiger partial charge in [0.05, 0.1) is 24.4 Å². The minimum atomic E-state index is -0.110. The molecule has 3 aromatic rings. The molecule has 0 spiro atoms. The van der Waals surface area contributed by atoms with Crippen LogP contribution in [0, 0.1) is 0 Å². The van der Waals surface area contributed by atoms with Crippen molar-refractivity contribution in [3.63, 3.8) is 0 Å². The van der Waals surface area contributed by atoms with E-state index in [1.165, 1.54) is 11.3 Å². The van der Waals surface area contributed by atoms with E-state index in [0.717, 1.165) is 11.1 Å². The second-order valence-electron chi connectivity index (χ2n) is 6.13. The summed E-state index contributed by atoms with van der Waals surface area (Å²) in [5, 5.41) is 6.30. The van der Waals surface area contributed by atoms with Gasteiger partial charge < -0.3 is 14.8 Å². The van der Waals surface area contributed by atoms with Gasteiger partial charge in [0.1, 0.15) is 0 Å². The minimum Gasteiger partial charge on any atom is -0.493 e. The van der Waals surface area contributed by atoms with Crippen molar-refractivity contribution in [3.05, 3.63) is 57.4 Å². The number of benzene rings is 2. The van der Waals surface area contributed by atoms with Crippen LogP contribution in [0.5, 0.6) is 11.5 Å². The number of aromatic nitrogens is 1. The molecule has 8 heteroatoms. The van der Waals surface area contributed by atoms with Crippen molar-refractivity contribution in [2.75, 3.05) is 19.0 Å². The Bertz CT molecular complexity index is 1010. The number of aryl methyl sites for hydroxylation is 1. The largest absolute Gasteiger partial charge is 0.493 e. The van der Waals surface area contributed by atoms with E-state index in [9.17, 15) is 4.79 Å². The van der Waals surface area contributed by atoms with Crippen LogP contribution in [0.3, 0.4) is 0 Å². The molecule has 0 aliphatic rings. The molecule has 1 amide bonds. The third-order valence-electron chi connectivity index (χ3n) is 4.13. The fourth-order valence-corrected chi connectivity index (χ4v) is 3.97. The van der Waals surface area contributed by atoms with E-state index in [-0.39, 0.29) is 5.91 Å². The quantitative estimate of drug-likeness (QED) is 0.450. The van der Waals surface area contributed by atoms with E-state index in [0.29, 0.717) is 51.8 Å². The number of nitrogens with one attached hydrogen (secondary N) is 1. The van der Waals surface area contributed by atoms with Crippen molar-refractivity contribution in [2.24, 2.45) is 0 Å². The molecule has 1 heterocycles. The van der Waals surface area contributed by atoms with Crippen molar-refractivity contribution in [1.29, 1.82) is 0 Å². The number of rotatable bonds is 8. The van der Waals surface area contributed by atoms with Crippen molar-refractivity contribution in [3.8, 4) is 22.8 Å². The van der Waals surface area contributed by atoms with Crippen molar-refractivity contribution >= 4 is 45.6 Å². The lowest BCUT2D eigenvalue weighted by Crippen LogP contribution is -2.12. The monoisotopic (exact) mass is 450 g/mol. The second kappa shape index (κ2) is 9.96. The number of carbonyl (C=O) groups excluding carboxylic acids is 1. The summed E-state index contributed by atoms with van der Waals surface area (Å²) < 4.78 is 10.9. The molecule has 0 aliphatic carbocycles. The predicted molar refractivity (Wildman–Crippen MR) is 119 cm³/mol. The first kappa shape index (κ1) is 21.4. The molecule has 0 aliphatic heterocycles. The maximum atomic E-state index is 12.3. The van der Waals surface area contributed by atoms with Gasteiger partial charge in [-0.15, -0.1) is 11.3 Å². The zero-order valence-electron chi connectivity index (χ0n) is 16.0. The summed E-state index contributed by atoms with van der Waals surface area (Å²) in [6, 6.07) is 10.9. The maximum Gasteiger partial charge on any atom is 0.226 e. The van der Waals surface area contributed by atoms with Crippen LogP contribution in [0.15, 0.2) is 41.8 Å².